The largest absolute Gasteiger partial charge is 0.382 e. The predicted octanol–water partition coefficient (Wildman–Crippen LogP) is 1.31. The van der Waals surface area contributed by atoms with E-state index in [1.165, 1.54) is 0 Å². The van der Waals surface area contributed by atoms with E-state index in [0.29, 0.717) is 13.2 Å². The number of rotatable bonds is 6. The lowest BCUT2D eigenvalue weighted by Gasteiger charge is -2.28. The molecule has 1 spiro atoms. The van der Waals surface area contributed by atoms with Crippen LogP contribution < -0.4 is 5.32 Å². The van der Waals surface area contributed by atoms with Crippen LogP contribution in [0.1, 0.15) is 24.6 Å². The SMILES string of the molecule is COCC(CN1C(=O)C2(CC2)NC1c1ccccc1)OC. The molecule has 1 amide bonds. The Morgan fingerprint density at radius 3 is 2.62 bits per heavy atom. The Labute approximate surface area is 125 Å². The number of hydrogen-bond donors (Lipinski definition) is 1. The minimum Gasteiger partial charge on any atom is -0.382 e. The zero-order valence-electron chi connectivity index (χ0n) is 12.5. The lowest BCUT2D eigenvalue weighted by atomic mass is 10.1. The van der Waals surface area contributed by atoms with Crippen molar-refractivity contribution in [3.05, 3.63) is 35.9 Å². The summed E-state index contributed by atoms with van der Waals surface area (Å²) in [7, 11) is 3.30. The number of methoxy groups -OCH3 is 2. The highest BCUT2D eigenvalue weighted by Gasteiger charge is 2.59. The number of nitrogens with one attached hydrogen (secondary N) is 1. The molecule has 1 N–H and O–H groups in total. The van der Waals surface area contributed by atoms with Crippen LogP contribution in [0.2, 0.25) is 0 Å². The Balaban J connectivity index is 1.82. The van der Waals surface area contributed by atoms with Crippen molar-refractivity contribution < 1.29 is 14.3 Å². The highest BCUT2D eigenvalue weighted by atomic mass is 16.5. The number of amides is 1. The average molecular weight is 290 g/mol. The van der Waals surface area contributed by atoms with Gasteiger partial charge in [-0.25, -0.2) is 0 Å². The molecule has 1 saturated heterocycles. The number of ether oxygens (including phenoxy) is 2. The maximum Gasteiger partial charge on any atom is 0.244 e. The van der Waals surface area contributed by atoms with Gasteiger partial charge in [-0.3, -0.25) is 10.1 Å². The van der Waals surface area contributed by atoms with Crippen molar-refractivity contribution in [3.63, 3.8) is 0 Å². The van der Waals surface area contributed by atoms with Crippen LogP contribution in [0.4, 0.5) is 0 Å². The van der Waals surface area contributed by atoms with E-state index in [-0.39, 0.29) is 23.7 Å². The molecule has 5 nitrogen and oxygen atoms in total. The summed E-state index contributed by atoms with van der Waals surface area (Å²) in [5.41, 5.74) is 0.785. The van der Waals surface area contributed by atoms with Crippen molar-refractivity contribution >= 4 is 5.91 Å². The second-order valence-electron chi connectivity index (χ2n) is 5.81. The van der Waals surface area contributed by atoms with Gasteiger partial charge in [0.05, 0.1) is 19.3 Å². The van der Waals surface area contributed by atoms with Crippen LogP contribution in [0.25, 0.3) is 0 Å². The molecule has 3 rings (SSSR count). The van der Waals surface area contributed by atoms with Crippen LogP contribution >= 0.6 is 0 Å². The van der Waals surface area contributed by atoms with E-state index < -0.39 is 0 Å². The van der Waals surface area contributed by atoms with Crippen molar-refractivity contribution in [2.45, 2.75) is 30.7 Å². The van der Waals surface area contributed by atoms with Crippen LogP contribution in [0.3, 0.4) is 0 Å². The Morgan fingerprint density at radius 1 is 1.33 bits per heavy atom. The molecule has 2 fully saturated rings. The molecule has 1 aliphatic carbocycles. The first-order valence-corrected chi connectivity index (χ1v) is 7.35. The minimum atomic E-state index is -0.328. The van der Waals surface area contributed by atoms with E-state index in [1.807, 2.05) is 23.1 Å². The molecule has 21 heavy (non-hydrogen) atoms. The van der Waals surface area contributed by atoms with Gasteiger partial charge < -0.3 is 14.4 Å². The minimum absolute atomic E-state index is 0.0734. The zero-order chi connectivity index (χ0) is 14.9. The molecular formula is C16H22N2O3. The Morgan fingerprint density at radius 2 is 2.05 bits per heavy atom. The molecule has 1 saturated carbocycles. The summed E-state index contributed by atoms with van der Waals surface area (Å²) in [5, 5.41) is 3.51. The zero-order valence-corrected chi connectivity index (χ0v) is 12.5. The van der Waals surface area contributed by atoms with E-state index in [1.54, 1.807) is 14.2 Å². The fraction of sp³-hybridized carbons (Fsp3) is 0.562. The molecule has 114 valence electrons. The number of nitrogens with zero attached hydrogens (tertiary/aromatic N) is 1. The van der Waals surface area contributed by atoms with Gasteiger partial charge in [-0.1, -0.05) is 30.3 Å². The summed E-state index contributed by atoms with van der Waals surface area (Å²) in [6, 6.07) is 10.1. The first kappa shape index (κ1) is 14.5. The maximum absolute atomic E-state index is 12.7. The standard InChI is InChI=1S/C16H22N2O3/c1-20-11-13(21-2)10-18-14(12-6-4-3-5-7-12)17-16(8-9-16)15(18)19/h3-7,13-14,17H,8-11H2,1-2H3. The molecule has 5 heteroatoms. The van der Waals surface area contributed by atoms with Gasteiger partial charge in [0, 0.05) is 14.2 Å². The highest BCUT2D eigenvalue weighted by Crippen LogP contribution is 2.45. The van der Waals surface area contributed by atoms with Gasteiger partial charge in [0.15, 0.2) is 0 Å². The molecule has 0 aromatic heterocycles. The second-order valence-corrected chi connectivity index (χ2v) is 5.81. The van der Waals surface area contributed by atoms with Gasteiger partial charge in [-0.15, -0.1) is 0 Å². The molecule has 2 aliphatic rings. The third kappa shape index (κ3) is 2.69. The van der Waals surface area contributed by atoms with Crippen LogP contribution in [0.5, 0.6) is 0 Å². The van der Waals surface area contributed by atoms with Gasteiger partial charge in [0.2, 0.25) is 5.91 Å². The third-order valence-electron chi connectivity index (χ3n) is 4.35. The number of carbonyl (C=O) groups excluding carboxylic acids is 1. The summed E-state index contributed by atoms with van der Waals surface area (Å²) >= 11 is 0. The molecule has 1 aromatic carbocycles. The molecule has 2 unspecified atom stereocenters. The summed E-state index contributed by atoms with van der Waals surface area (Å²) in [4.78, 5) is 14.6. The maximum atomic E-state index is 12.7. The lowest BCUT2D eigenvalue weighted by Crippen LogP contribution is -2.40. The van der Waals surface area contributed by atoms with Gasteiger partial charge in [-0.2, -0.15) is 0 Å². The molecule has 2 atom stereocenters. The smallest absolute Gasteiger partial charge is 0.244 e. The van der Waals surface area contributed by atoms with E-state index in [2.05, 4.69) is 17.4 Å². The second kappa shape index (κ2) is 5.75. The molecule has 1 aliphatic heterocycles. The van der Waals surface area contributed by atoms with E-state index in [4.69, 9.17) is 9.47 Å². The van der Waals surface area contributed by atoms with Crippen molar-refractivity contribution in [2.75, 3.05) is 27.4 Å². The monoisotopic (exact) mass is 290 g/mol. The van der Waals surface area contributed by atoms with Crippen molar-refractivity contribution in [3.8, 4) is 0 Å². The summed E-state index contributed by atoms with van der Waals surface area (Å²) in [5.74, 6) is 0.189. The average Bonchev–Trinajstić information content (AvgIpc) is 3.25. The first-order valence-electron chi connectivity index (χ1n) is 7.35. The van der Waals surface area contributed by atoms with Crippen LogP contribution in [-0.2, 0) is 14.3 Å². The van der Waals surface area contributed by atoms with E-state index in [0.717, 1.165) is 18.4 Å². The van der Waals surface area contributed by atoms with Crippen LogP contribution in [0.15, 0.2) is 30.3 Å². The Kier molecular flexibility index (Phi) is 3.97. The Hall–Kier alpha value is -1.43. The van der Waals surface area contributed by atoms with Crippen molar-refractivity contribution in [2.24, 2.45) is 0 Å². The normalized spacial score (nSPS) is 24.6. The topological polar surface area (TPSA) is 50.8 Å². The van der Waals surface area contributed by atoms with Gasteiger partial charge in [0.25, 0.3) is 0 Å². The van der Waals surface area contributed by atoms with Gasteiger partial charge in [-0.05, 0) is 18.4 Å². The lowest BCUT2D eigenvalue weighted by molar-refractivity contribution is -0.133. The summed E-state index contributed by atoms with van der Waals surface area (Å²) in [6.45, 7) is 1.02. The van der Waals surface area contributed by atoms with E-state index in [9.17, 15) is 4.79 Å². The van der Waals surface area contributed by atoms with Gasteiger partial charge >= 0.3 is 0 Å². The highest BCUT2D eigenvalue weighted by molar-refractivity contribution is 5.92. The summed E-state index contributed by atoms with van der Waals surface area (Å²) in [6.07, 6.45) is 1.66. The molecule has 0 bridgehead atoms. The molecule has 1 aromatic rings. The third-order valence-corrected chi connectivity index (χ3v) is 4.35. The predicted molar refractivity (Wildman–Crippen MR) is 78.7 cm³/mol. The number of benzene rings is 1. The van der Waals surface area contributed by atoms with Crippen molar-refractivity contribution in [1.82, 2.24) is 10.2 Å². The summed E-state index contributed by atoms with van der Waals surface area (Å²) < 4.78 is 10.6. The molecule has 0 radical (unpaired) electrons. The molecule has 1 heterocycles. The fourth-order valence-corrected chi connectivity index (χ4v) is 2.96. The van der Waals surface area contributed by atoms with E-state index >= 15 is 0 Å². The van der Waals surface area contributed by atoms with Crippen LogP contribution in [0, 0.1) is 0 Å². The molecular weight excluding hydrogens is 268 g/mol. The quantitative estimate of drug-likeness (QED) is 0.858. The van der Waals surface area contributed by atoms with Gasteiger partial charge in [0.1, 0.15) is 11.7 Å². The van der Waals surface area contributed by atoms with Crippen molar-refractivity contribution in [1.29, 1.82) is 0 Å². The number of carbonyl (C=O) groups is 1. The Bertz CT molecular complexity index is 502. The number of hydrogen-bond acceptors (Lipinski definition) is 4. The van der Waals surface area contributed by atoms with Crippen LogP contribution in [-0.4, -0.2) is 49.8 Å². The first-order chi connectivity index (χ1) is 10.2. The fourth-order valence-electron chi connectivity index (χ4n) is 2.96.